The number of anilines is 1. The number of aryl methyl sites for hydroxylation is 1. The molecular weight excluding hydrogens is 447 g/mol. The SMILES string of the molecule is N#Cc1cc(Br)ccc1NC1CCCc2sc(I)cc21. The zero-order chi connectivity index (χ0) is 14.1. The Balaban J connectivity index is 1.91. The summed E-state index contributed by atoms with van der Waals surface area (Å²) in [4.78, 5) is 1.49. The number of fused-ring (bicyclic) bond motifs is 1. The maximum Gasteiger partial charge on any atom is 0.101 e. The first-order valence-electron chi connectivity index (χ1n) is 6.41. The summed E-state index contributed by atoms with van der Waals surface area (Å²) in [5.41, 5.74) is 3.03. The Labute approximate surface area is 144 Å². The quantitative estimate of drug-likeness (QED) is 0.605. The summed E-state index contributed by atoms with van der Waals surface area (Å²) < 4.78 is 2.28. The van der Waals surface area contributed by atoms with Crippen molar-refractivity contribution in [2.24, 2.45) is 0 Å². The normalized spacial score (nSPS) is 17.4. The van der Waals surface area contributed by atoms with Crippen LogP contribution >= 0.6 is 49.9 Å². The topological polar surface area (TPSA) is 35.8 Å². The molecule has 0 bridgehead atoms. The van der Waals surface area contributed by atoms with Crippen LogP contribution in [0.5, 0.6) is 0 Å². The lowest BCUT2D eigenvalue weighted by Crippen LogP contribution is -2.16. The number of nitrogens with zero attached hydrogens (tertiary/aromatic N) is 1. The molecule has 1 aliphatic rings. The molecule has 1 aromatic carbocycles. The smallest absolute Gasteiger partial charge is 0.101 e. The molecule has 3 rings (SSSR count). The van der Waals surface area contributed by atoms with E-state index in [0.717, 1.165) is 16.6 Å². The van der Waals surface area contributed by atoms with Gasteiger partial charge in [-0.1, -0.05) is 15.9 Å². The van der Waals surface area contributed by atoms with Gasteiger partial charge in [-0.3, -0.25) is 0 Å². The van der Waals surface area contributed by atoms with E-state index < -0.39 is 0 Å². The molecule has 0 saturated carbocycles. The summed E-state index contributed by atoms with van der Waals surface area (Å²) in [7, 11) is 0. The predicted octanol–water partition coefficient (Wildman–Crippen LogP) is 5.48. The van der Waals surface area contributed by atoms with E-state index in [-0.39, 0.29) is 0 Å². The standard InChI is InChI=1S/C15H12BrIN2S/c16-10-4-5-12(9(6-10)8-18)19-13-2-1-3-14-11(13)7-15(17)20-14/h4-7,13,19H,1-3H2. The Bertz CT molecular complexity index is 690. The van der Waals surface area contributed by atoms with Crippen molar-refractivity contribution in [3.8, 4) is 6.07 Å². The molecule has 2 nitrogen and oxygen atoms in total. The lowest BCUT2D eigenvalue weighted by atomic mass is 9.93. The van der Waals surface area contributed by atoms with E-state index >= 15 is 0 Å². The van der Waals surface area contributed by atoms with Crippen LogP contribution in [-0.2, 0) is 6.42 Å². The number of thiophene rings is 1. The zero-order valence-corrected chi connectivity index (χ0v) is 15.2. The van der Waals surface area contributed by atoms with Crippen LogP contribution in [-0.4, -0.2) is 0 Å². The molecule has 20 heavy (non-hydrogen) atoms. The molecule has 1 aliphatic carbocycles. The van der Waals surface area contributed by atoms with Crippen molar-refractivity contribution >= 4 is 55.5 Å². The summed E-state index contributed by atoms with van der Waals surface area (Å²) in [5, 5.41) is 12.8. The second kappa shape index (κ2) is 6.04. The summed E-state index contributed by atoms with van der Waals surface area (Å²) in [5.74, 6) is 0. The second-order valence-electron chi connectivity index (χ2n) is 4.82. The molecule has 5 heteroatoms. The van der Waals surface area contributed by atoms with Gasteiger partial charge in [0.15, 0.2) is 0 Å². The van der Waals surface area contributed by atoms with Gasteiger partial charge in [-0.25, -0.2) is 0 Å². The van der Waals surface area contributed by atoms with Crippen LogP contribution in [0.1, 0.15) is 34.9 Å². The highest BCUT2D eigenvalue weighted by atomic mass is 127. The molecule has 0 amide bonds. The van der Waals surface area contributed by atoms with E-state index in [1.807, 2.05) is 29.5 Å². The highest BCUT2D eigenvalue weighted by molar-refractivity contribution is 14.1. The van der Waals surface area contributed by atoms with E-state index in [1.54, 1.807) is 0 Å². The van der Waals surface area contributed by atoms with Gasteiger partial charge in [0.1, 0.15) is 6.07 Å². The van der Waals surface area contributed by atoms with Crippen LogP contribution in [0.4, 0.5) is 5.69 Å². The highest BCUT2D eigenvalue weighted by Crippen LogP contribution is 2.38. The van der Waals surface area contributed by atoms with Crippen molar-refractivity contribution in [2.75, 3.05) is 5.32 Å². The minimum atomic E-state index is 0.326. The maximum absolute atomic E-state index is 9.26. The van der Waals surface area contributed by atoms with Crippen LogP contribution < -0.4 is 5.32 Å². The molecule has 1 atom stereocenters. The van der Waals surface area contributed by atoms with Gasteiger partial charge in [-0.15, -0.1) is 11.3 Å². The van der Waals surface area contributed by atoms with Crippen LogP contribution in [0.3, 0.4) is 0 Å². The average Bonchev–Trinajstić information content (AvgIpc) is 2.82. The third-order valence-electron chi connectivity index (χ3n) is 3.52. The van der Waals surface area contributed by atoms with Crippen molar-refractivity contribution in [3.63, 3.8) is 0 Å². The van der Waals surface area contributed by atoms with Crippen molar-refractivity contribution in [1.29, 1.82) is 5.26 Å². The number of nitriles is 1. The monoisotopic (exact) mass is 458 g/mol. The molecule has 0 fully saturated rings. The number of rotatable bonds is 2. The van der Waals surface area contributed by atoms with Gasteiger partial charge in [-0.2, -0.15) is 5.26 Å². The van der Waals surface area contributed by atoms with E-state index in [0.29, 0.717) is 11.6 Å². The Hall–Kier alpha value is -0.580. The fourth-order valence-corrected chi connectivity index (χ4v) is 5.07. The largest absolute Gasteiger partial charge is 0.377 e. The summed E-state index contributed by atoms with van der Waals surface area (Å²) in [6, 6.07) is 10.7. The fourth-order valence-electron chi connectivity index (χ4n) is 2.59. The first kappa shape index (κ1) is 14.4. The summed E-state index contributed by atoms with van der Waals surface area (Å²) in [6.45, 7) is 0. The molecule has 1 heterocycles. The summed E-state index contributed by atoms with van der Waals surface area (Å²) >= 11 is 7.70. The van der Waals surface area contributed by atoms with Gasteiger partial charge in [0.25, 0.3) is 0 Å². The van der Waals surface area contributed by atoms with E-state index in [1.165, 1.54) is 26.2 Å². The first-order chi connectivity index (χ1) is 9.67. The number of hydrogen-bond acceptors (Lipinski definition) is 3. The third-order valence-corrected chi connectivity index (χ3v) is 5.98. The Kier molecular flexibility index (Phi) is 4.34. The zero-order valence-electron chi connectivity index (χ0n) is 10.6. The van der Waals surface area contributed by atoms with Gasteiger partial charge in [0, 0.05) is 9.35 Å². The number of halogens is 2. The van der Waals surface area contributed by atoms with E-state index in [9.17, 15) is 5.26 Å². The predicted molar refractivity (Wildman–Crippen MR) is 95.2 cm³/mol. The van der Waals surface area contributed by atoms with Gasteiger partial charge < -0.3 is 5.32 Å². The number of hydrogen-bond donors (Lipinski definition) is 1. The molecular formula is C15H12BrIN2S. The highest BCUT2D eigenvalue weighted by Gasteiger charge is 2.23. The second-order valence-corrected chi connectivity index (χ2v) is 8.77. The Morgan fingerprint density at radius 3 is 3.05 bits per heavy atom. The molecule has 1 unspecified atom stereocenters. The molecule has 0 aliphatic heterocycles. The van der Waals surface area contributed by atoms with Crippen molar-refractivity contribution in [3.05, 3.63) is 47.6 Å². The summed E-state index contributed by atoms with van der Waals surface area (Å²) in [6.07, 6.45) is 3.52. The van der Waals surface area contributed by atoms with Crippen LogP contribution in [0.15, 0.2) is 28.7 Å². The van der Waals surface area contributed by atoms with Gasteiger partial charge in [0.2, 0.25) is 0 Å². The Morgan fingerprint density at radius 2 is 2.25 bits per heavy atom. The fraction of sp³-hybridized carbons (Fsp3) is 0.267. The molecule has 2 aromatic rings. The molecule has 1 N–H and O–H groups in total. The van der Waals surface area contributed by atoms with Crippen LogP contribution in [0, 0.1) is 14.2 Å². The minimum Gasteiger partial charge on any atom is -0.377 e. The molecule has 1 aromatic heterocycles. The van der Waals surface area contributed by atoms with Gasteiger partial charge in [-0.05, 0) is 71.7 Å². The maximum atomic E-state index is 9.26. The average molecular weight is 459 g/mol. The van der Waals surface area contributed by atoms with Gasteiger partial charge in [0.05, 0.1) is 20.2 Å². The van der Waals surface area contributed by atoms with E-state index in [2.05, 4.69) is 56.0 Å². The van der Waals surface area contributed by atoms with E-state index in [4.69, 9.17) is 0 Å². The number of nitrogens with one attached hydrogen (secondary N) is 1. The minimum absolute atomic E-state index is 0.326. The molecule has 0 saturated heterocycles. The lowest BCUT2D eigenvalue weighted by molar-refractivity contribution is 0.608. The molecule has 0 radical (unpaired) electrons. The molecule has 102 valence electrons. The molecule has 0 spiro atoms. The third kappa shape index (κ3) is 2.87. The van der Waals surface area contributed by atoms with Crippen molar-refractivity contribution in [1.82, 2.24) is 0 Å². The Morgan fingerprint density at radius 1 is 1.40 bits per heavy atom. The van der Waals surface area contributed by atoms with Crippen molar-refractivity contribution < 1.29 is 0 Å². The first-order valence-corrected chi connectivity index (χ1v) is 9.10. The number of benzene rings is 1. The van der Waals surface area contributed by atoms with Crippen LogP contribution in [0.25, 0.3) is 0 Å². The lowest BCUT2D eigenvalue weighted by Gasteiger charge is -2.25. The van der Waals surface area contributed by atoms with Gasteiger partial charge >= 0.3 is 0 Å². The van der Waals surface area contributed by atoms with Crippen LogP contribution in [0.2, 0.25) is 0 Å². The van der Waals surface area contributed by atoms with Crippen molar-refractivity contribution in [2.45, 2.75) is 25.3 Å².